The van der Waals surface area contributed by atoms with E-state index in [0.29, 0.717) is 12.8 Å². The molecule has 0 aromatic heterocycles. The number of unbranched alkanes of at least 4 members (excludes halogenated alkanes) is 1. The van der Waals surface area contributed by atoms with E-state index in [4.69, 9.17) is 14.6 Å². The molecule has 132 valence electrons. The molecule has 0 aliphatic carbocycles. The van der Waals surface area contributed by atoms with Crippen LogP contribution in [0.25, 0.3) is 0 Å². The van der Waals surface area contributed by atoms with Gasteiger partial charge in [0.15, 0.2) is 0 Å². The van der Waals surface area contributed by atoms with Gasteiger partial charge in [0, 0.05) is 24.3 Å². The summed E-state index contributed by atoms with van der Waals surface area (Å²) in [5.41, 5.74) is -0.550. The van der Waals surface area contributed by atoms with Gasteiger partial charge in [-0.25, -0.2) is 4.79 Å². The van der Waals surface area contributed by atoms with Gasteiger partial charge in [0.05, 0.1) is 0 Å². The smallest absolute Gasteiger partial charge is 0.330 e. The molecule has 0 saturated heterocycles. The number of aliphatic hydroxyl groups excluding tert-OH is 1. The molecule has 2 unspecified atom stereocenters. The quantitative estimate of drug-likeness (QED) is 0.356. The van der Waals surface area contributed by atoms with Gasteiger partial charge in [-0.1, -0.05) is 27.4 Å². The summed E-state index contributed by atoms with van der Waals surface area (Å²) in [5, 5.41) is 18.6. The molecule has 0 heterocycles. The minimum atomic E-state index is -1.16. The SMILES string of the molecule is C=CC(=O)OC(C(O)COC(=O)CCCCC(=O)O)C(C)(C)C. The minimum absolute atomic E-state index is 0.000488. The molecule has 7 heteroatoms. The van der Waals surface area contributed by atoms with Crippen LogP contribution in [0.1, 0.15) is 46.5 Å². The van der Waals surface area contributed by atoms with Crippen molar-refractivity contribution >= 4 is 17.9 Å². The van der Waals surface area contributed by atoms with Crippen molar-refractivity contribution in [3.63, 3.8) is 0 Å². The Morgan fingerprint density at radius 2 is 1.74 bits per heavy atom. The number of esters is 2. The molecular weight excluding hydrogens is 304 g/mol. The lowest BCUT2D eigenvalue weighted by Gasteiger charge is -2.33. The van der Waals surface area contributed by atoms with Crippen LogP contribution in [-0.2, 0) is 23.9 Å². The zero-order valence-electron chi connectivity index (χ0n) is 13.9. The second-order valence-electron chi connectivity index (χ2n) is 6.28. The van der Waals surface area contributed by atoms with Crippen molar-refractivity contribution in [2.24, 2.45) is 5.41 Å². The lowest BCUT2D eigenvalue weighted by atomic mass is 9.85. The first-order chi connectivity index (χ1) is 10.6. The summed E-state index contributed by atoms with van der Waals surface area (Å²) >= 11 is 0. The number of hydrogen-bond acceptors (Lipinski definition) is 6. The van der Waals surface area contributed by atoms with E-state index in [0.717, 1.165) is 6.08 Å². The minimum Gasteiger partial charge on any atom is -0.481 e. The van der Waals surface area contributed by atoms with Crippen LogP contribution in [0.2, 0.25) is 0 Å². The van der Waals surface area contributed by atoms with Crippen molar-refractivity contribution in [2.75, 3.05) is 6.61 Å². The van der Waals surface area contributed by atoms with Gasteiger partial charge in [0.1, 0.15) is 18.8 Å². The first kappa shape index (κ1) is 21.1. The molecule has 0 saturated carbocycles. The van der Waals surface area contributed by atoms with Crippen LogP contribution in [0.15, 0.2) is 12.7 Å². The maximum atomic E-state index is 11.5. The second-order valence-corrected chi connectivity index (χ2v) is 6.28. The molecular formula is C16H26O7. The van der Waals surface area contributed by atoms with Crippen molar-refractivity contribution in [1.82, 2.24) is 0 Å². The van der Waals surface area contributed by atoms with Crippen LogP contribution in [0.4, 0.5) is 0 Å². The number of aliphatic hydroxyl groups is 1. The average molecular weight is 330 g/mol. The lowest BCUT2D eigenvalue weighted by molar-refractivity contribution is -0.166. The predicted molar refractivity (Wildman–Crippen MR) is 82.6 cm³/mol. The first-order valence-corrected chi connectivity index (χ1v) is 7.46. The fourth-order valence-electron chi connectivity index (χ4n) is 1.89. The second kappa shape index (κ2) is 9.99. The van der Waals surface area contributed by atoms with Crippen molar-refractivity contribution in [2.45, 2.75) is 58.7 Å². The molecule has 23 heavy (non-hydrogen) atoms. The van der Waals surface area contributed by atoms with Gasteiger partial charge in [-0.05, 0) is 12.8 Å². The molecule has 0 aliphatic heterocycles. The van der Waals surface area contributed by atoms with Crippen LogP contribution in [0.5, 0.6) is 0 Å². The molecule has 2 N–H and O–H groups in total. The monoisotopic (exact) mass is 330 g/mol. The summed E-state index contributed by atoms with van der Waals surface area (Å²) in [7, 11) is 0. The topological polar surface area (TPSA) is 110 Å². The molecule has 0 radical (unpaired) electrons. The summed E-state index contributed by atoms with van der Waals surface area (Å²) < 4.78 is 10.1. The van der Waals surface area contributed by atoms with E-state index < -0.39 is 35.5 Å². The molecule has 0 aromatic rings. The van der Waals surface area contributed by atoms with Crippen LogP contribution in [0.3, 0.4) is 0 Å². The van der Waals surface area contributed by atoms with Gasteiger partial charge in [-0.15, -0.1) is 0 Å². The number of aliphatic carboxylic acids is 1. The third-order valence-corrected chi connectivity index (χ3v) is 3.05. The summed E-state index contributed by atoms with van der Waals surface area (Å²) in [5.74, 6) is -2.10. The summed E-state index contributed by atoms with van der Waals surface area (Å²) in [4.78, 5) is 33.2. The van der Waals surface area contributed by atoms with Gasteiger partial charge in [-0.2, -0.15) is 0 Å². The van der Waals surface area contributed by atoms with Crippen molar-refractivity contribution in [3.05, 3.63) is 12.7 Å². The van der Waals surface area contributed by atoms with Gasteiger partial charge in [0.25, 0.3) is 0 Å². The zero-order valence-corrected chi connectivity index (χ0v) is 13.9. The molecule has 7 nitrogen and oxygen atoms in total. The molecule has 0 rings (SSSR count). The summed E-state index contributed by atoms with van der Waals surface area (Å²) in [6.07, 6.45) is -0.162. The summed E-state index contributed by atoms with van der Waals surface area (Å²) in [6.45, 7) is 8.35. The van der Waals surface area contributed by atoms with Crippen molar-refractivity contribution < 1.29 is 34.1 Å². The Hall–Kier alpha value is -1.89. The molecule has 0 amide bonds. The highest BCUT2D eigenvalue weighted by Gasteiger charge is 2.35. The van der Waals surface area contributed by atoms with E-state index in [1.54, 1.807) is 20.8 Å². The highest BCUT2D eigenvalue weighted by atomic mass is 16.6. The third kappa shape index (κ3) is 9.67. The molecule has 0 aliphatic rings. The van der Waals surface area contributed by atoms with E-state index >= 15 is 0 Å². The fourth-order valence-corrected chi connectivity index (χ4v) is 1.89. The first-order valence-electron chi connectivity index (χ1n) is 7.46. The van der Waals surface area contributed by atoms with Crippen LogP contribution in [-0.4, -0.2) is 46.9 Å². The third-order valence-electron chi connectivity index (χ3n) is 3.05. The molecule has 0 bridgehead atoms. The highest BCUT2D eigenvalue weighted by molar-refractivity contribution is 5.81. The summed E-state index contributed by atoms with van der Waals surface area (Å²) in [6, 6.07) is 0. The number of carbonyl (C=O) groups excluding carboxylic acids is 2. The zero-order chi connectivity index (χ0) is 18.0. The molecule has 0 fully saturated rings. The van der Waals surface area contributed by atoms with Gasteiger partial charge >= 0.3 is 17.9 Å². The van der Waals surface area contributed by atoms with E-state index in [1.807, 2.05) is 0 Å². The fraction of sp³-hybridized carbons (Fsp3) is 0.688. The van der Waals surface area contributed by atoms with Crippen LogP contribution < -0.4 is 0 Å². The Bertz CT molecular complexity index is 423. The largest absolute Gasteiger partial charge is 0.481 e. The number of ether oxygens (including phenoxy) is 2. The average Bonchev–Trinajstić information content (AvgIpc) is 2.44. The normalized spacial score (nSPS) is 13.7. The van der Waals surface area contributed by atoms with Crippen LogP contribution >= 0.6 is 0 Å². The van der Waals surface area contributed by atoms with E-state index in [9.17, 15) is 19.5 Å². The molecule has 0 spiro atoms. The maximum absolute atomic E-state index is 11.5. The number of carbonyl (C=O) groups is 3. The number of hydrogen-bond donors (Lipinski definition) is 2. The highest BCUT2D eigenvalue weighted by Crippen LogP contribution is 2.25. The number of carboxylic acid groups (broad SMARTS) is 1. The van der Waals surface area contributed by atoms with E-state index in [-0.39, 0.29) is 19.4 Å². The molecule has 2 atom stereocenters. The van der Waals surface area contributed by atoms with E-state index in [2.05, 4.69) is 6.58 Å². The Labute approximate surface area is 136 Å². The Morgan fingerprint density at radius 3 is 2.22 bits per heavy atom. The Morgan fingerprint density at radius 1 is 1.17 bits per heavy atom. The standard InChI is InChI=1S/C16H26O7/c1-5-13(20)23-15(16(2,3)4)11(17)10-22-14(21)9-7-6-8-12(18)19/h5,11,15,17H,1,6-10H2,2-4H3,(H,18,19). The molecule has 0 aromatic carbocycles. The Balaban J connectivity index is 4.33. The lowest BCUT2D eigenvalue weighted by Crippen LogP contribution is -2.44. The van der Waals surface area contributed by atoms with Crippen molar-refractivity contribution in [3.8, 4) is 0 Å². The van der Waals surface area contributed by atoms with Gasteiger partial charge in [-0.3, -0.25) is 9.59 Å². The Kier molecular flexibility index (Phi) is 9.17. The van der Waals surface area contributed by atoms with Crippen molar-refractivity contribution in [1.29, 1.82) is 0 Å². The number of rotatable bonds is 10. The maximum Gasteiger partial charge on any atom is 0.330 e. The van der Waals surface area contributed by atoms with E-state index in [1.165, 1.54) is 0 Å². The van der Waals surface area contributed by atoms with Gasteiger partial charge < -0.3 is 19.7 Å². The van der Waals surface area contributed by atoms with Gasteiger partial charge in [0.2, 0.25) is 0 Å². The predicted octanol–water partition coefficient (Wildman–Crippen LogP) is 1.68. The number of carboxylic acids is 1. The van der Waals surface area contributed by atoms with Crippen LogP contribution in [0, 0.1) is 5.41 Å².